The highest BCUT2D eigenvalue weighted by molar-refractivity contribution is 6.35. The molecule has 0 saturated carbocycles. The molecular formula is C23H17NO3. The van der Waals surface area contributed by atoms with Crippen molar-refractivity contribution >= 4 is 33.2 Å². The molecule has 4 nitrogen and oxygen atoms in total. The van der Waals surface area contributed by atoms with E-state index in [-0.39, 0.29) is 28.9 Å². The maximum absolute atomic E-state index is 13.6. The Morgan fingerprint density at radius 2 is 1.44 bits per heavy atom. The van der Waals surface area contributed by atoms with Crippen LogP contribution in [0.4, 0.5) is 0 Å². The summed E-state index contributed by atoms with van der Waals surface area (Å²) in [7, 11) is 0. The Morgan fingerprint density at radius 3 is 2.15 bits per heavy atom. The molecule has 1 heterocycles. The molecule has 0 atom stereocenters. The zero-order valence-electron chi connectivity index (χ0n) is 15.0. The third kappa shape index (κ3) is 1.92. The first-order valence-electron chi connectivity index (χ1n) is 8.97. The number of para-hydroxylation sites is 1. The number of phenolic OH excluding ortho intramolecular Hbond substituents is 1. The van der Waals surface area contributed by atoms with Crippen LogP contribution in [0.3, 0.4) is 0 Å². The van der Waals surface area contributed by atoms with E-state index in [1.807, 2.05) is 48.7 Å². The standard InChI is InChI=1S/C23H17NO3/c1-12(2)24-17-10-6-5-9-15(17)20-21(24)23(27)19-14-8-4-3-7-13(14)18(25)11-16(19)22(20)26/h3-12,25H,1-2H3. The summed E-state index contributed by atoms with van der Waals surface area (Å²) in [5.74, 6) is -0.362. The van der Waals surface area contributed by atoms with Gasteiger partial charge in [-0.1, -0.05) is 42.5 Å². The number of rotatable bonds is 1. The Morgan fingerprint density at radius 1 is 0.815 bits per heavy atom. The molecule has 0 spiro atoms. The van der Waals surface area contributed by atoms with Gasteiger partial charge in [-0.3, -0.25) is 9.59 Å². The molecule has 1 aliphatic rings. The number of phenols is 1. The van der Waals surface area contributed by atoms with E-state index in [4.69, 9.17) is 0 Å². The minimum Gasteiger partial charge on any atom is -0.507 e. The second kappa shape index (κ2) is 5.30. The maximum atomic E-state index is 13.6. The summed E-state index contributed by atoms with van der Waals surface area (Å²) in [6.07, 6.45) is 0. The van der Waals surface area contributed by atoms with Gasteiger partial charge in [-0.05, 0) is 31.4 Å². The monoisotopic (exact) mass is 355 g/mol. The van der Waals surface area contributed by atoms with Crippen LogP contribution in [0.2, 0.25) is 0 Å². The molecule has 0 amide bonds. The Hall–Kier alpha value is -3.40. The molecule has 0 saturated heterocycles. The number of carbonyl (C=O) groups excluding carboxylic acids is 2. The molecule has 5 rings (SSSR count). The summed E-state index contributed by atoms with van der Waals surface area (Å²) < 4.78 is 1.95. The minimum absolute atomic E-state index is 0.0153. The van der Waals surface area contributed by atoms with E-state index >= 15 is 0 Å². The van der Waals surface area contributed by atoms with Gasteiger partial charge >= 0.3 is 0 Å². The minimum atomic E-state index is -0.212. The number of fused-ring (bicyclic) bond motifs is 6. The lowest BCUT2D eigenvalue weighted by molar-refractivity contribution is 0.0974. The van der Waals surface area contributed by atoms with E-state index in [1.54, 1.807) is 18.2 Å². The van der Waals surface area contributed by atoms with Crippen molar-refractivity contribution in [2.45, 2.75) is 19.9 Å². The molecular weight excluding hydrogens is 338 g/mol. The van der Waals surface area contributed by atoms with Gasteiger partial charge in [0.2, 0.25) is 5.78 Å². The van der Waals surface area contributed by atoms with Crippen LogP contribution in [0, 0.1) is 0 Å². The summed E-state index contributed by atoms with van der Waals surface area (Å²) >= 11 is 0. The molecule has 0 fully saturated rings. The Labute approximate surface area is 155 Å². The average molecular weight is 355 g/mol. The fourth-order valence-corrected chi connectivity index (χ4v) is 4.29. The van der Waals surface area contributed by atoms with E-state index in [0.717, 1.165) is 10.9 Å². The van der Waals surface area contributed by atoms with Gasteiger partial charge < -0.3 is 9.67 Å². The highest BCUT2D eigenvalue weighted by Crippen LogP contribution is 2.41. The summed E-state index contributed by atoms with van der Waals surface area (Å²) in [6.45, 7) is 4.02. The predicted molar refractivity (Wildman–Crippen MR) is 105 cm³/mol. The third-order valence-electron chi connectivity index (χ3n) is 5.36. The van der Waals surface area contributed by atoms with Crippen LogP contribution >= 0.6 is 0 Å². The first kappa shape index (κ1) is 15.8. The molecule has 1 N–H and O–H groups in total. The van der Waals surface area contributed by atoms with Crippen molar-refractivity contribution in [2.75, 3.05) is 0 Å². The number of hydrogen-bond donors (Lipinski definition) is 1. The van der Waals surface area contributed by atoms with E-state index in [9.17, 15) is 14.7 Å². The molecule has 0 radical (unpaired) electrons. The van der Waals surface area contributed by atoms with Gasteiger partial charge in [-0.15, -0.1) is 0 Å². The lowest BCUT2D eigenvalue weighted by atomic mass is 9.83. The van der Waals surface area contributed by atoms with Crippen LogP contribution in [0.25, 0.3) is 21.7 Å². The number of aromatic nitrogens is 1. The fourth-order valence-electron chi connectivity index (χ4n) is 4.29. The van der Waals surface area contributed by atoms with Crippen LogP contribution in [0.1, 0.15) is 51.9 Å². The SMILES string of the molecule is CC(C)n1c2c(c3ccccc31)C(=O)c1cc(O)c3ccccc3c1C2=O. The van der Waals surface area contributed by atoms with Crippen molar-refractivity contribution in [3.63, 3.8) is 0 Å². The zero-order valence-corrected chi connectivity index (χ0v) is 15.0. The van der Waals surface area contributed by atoms with Crippen LogP contribution in [-0.4, -0.2) is 21.2 Å². The van der Waals surface area contributed by atoms with Crippen molar-refractivity contribution in [1.29, 1.82) is 0 Å². The van der Waals surface area contributed by atoms with Crippen molar-refractivity contribution in [2.24, 2.45) is 0 Å². The van der Waals surface area contributed by atoms with Crippen molar-refractivity contribution in [3.8, 4) is 5.75 Å². The molecule has 1 aromatic heterocycles. The number of carbonyl (C=O) groups is 2. The lowest BCUT2D eigenvalue weighted by Gasteiger charge is -2.21. The second-order valence-corrected chi connectivity index (χ2v) is 7.23. The molecule has 0 aliphatic heterocycles. The summed E-state index contributed by atoms with van der Waals surface area (Å²) in [5.41, 5.74) is 2.41. The summed E-state index contributed by atoms with van der Waals surface area (Å²) in [6, 6.07) is 16.2. The van der Waals surface area contributed by atoms with Gasteiger partial charge in [0.25, 0.3) is 0 Å². The largest absolute Gasteiger partial charge is 0.507 e. The van der Waals surface area contributed by atoms with Crippen LogP contribution in [0.15, 0.2) is 54.6 Å². The predicted octanol–water partition coefficient (Wildman–Crippen LogP) is 4.86. The normalized spacial score (nSPS) is 13.4. The van der Waals surface area contributed by atoms with Crippen LogP contribution in [0.5, 0.6) is 5.75 Å². The number of aromatic hydroxyl groups is 1. The van der Waals surface area contributed by atoms with Crippen LogP contribution < -0.4 is 0 Å². The fraction of sp³-hybridized carbons (Fsp3) is 0.130. The van der Waals surface area contributed by atoms with E-state index in [0.29, 0.717) is 27.6 Å². The molecule has 1 aliphatic carbocycles. The van der Waals surface area contributed by atoms with Gasteiger partial charge in [-0.25, -0.2) is 0 Å². The Kier molecular flexibility index (Phi) is 3.11. The maximum Gasteiger partial charge on any atom is 0.211 e. The van der Waals surface area contributed by atoms with Crippen molar-refractivity contribution < 1.29 is 14.7 Å². The Bertz CT molecular complexity index is 1290. The van der Waals surface area contributed by atoms with Gasteiger partial charge in [0.1, 0.15) is 11.4 Å². The molecule has 132 valence electrons. The zero-order chi connectivity index (χ0) is 18.9. The van der Waals surface area contributed by atoms with E-state index < -0.39 is 0 Å². The smallest absolute Gasteiger partial charge is 0.211 e. The van der Waals surface area contributed by atoms with Gasteiger partial charge in [0.15, 0.2) is 5.78 Å². The molecule has 0 unspecified atom stereocenters. The molecule has 27 heavy (non-hydrogen) atoms. The third-order valence-corrected chi connectivity index (χ3v) is 5.36. The highest BCUT2D eigenvalue weighted by Gasteiger charge is 2.37. The Balaban J connectivity index is 1.97. The van der Waals surface area contributed by atoms with Gasteiger partial charge in [0, 0.05) is 33.5 Å². The summed E-state index contributed by atoms with van der Waals surface area (Å²) in [5, 5.41) is 12.4. The quantitative estimate of drug-likeness (QED) is 0.467. The van der Waals surface area contributed by atoms with E-state index in [2.05, 4.69) is 0 Å². The molecule has 0 bridgehead atoms. The molecule has 3 aromatic carbocycles. The first-order valence-corrected chi connectivity index (χ1v) is 8.97. The van der Waals surface area contributed by atoms with Gasteiger partial charge in [-0.2, -0.15) is 0 Å². The lowest BCUT2D eigenvalue weighted by Crippen LogP contribution is -2.24. The second-order valence-electron chi connectivity index (χ2n) is 7.23. The number of ketones is 2. The van der Waals surface area contributed by atoms with Crippen molar-refractivity contribution in [1.82, 2.24) is 4.57 Å². The highest BCUT2D eigenvalue weighted by atomic mass is 16.3. The van der Waals surface area contributed by atoms with Gasteiger partial charge in [0.05, 0.1) is 5.56 Å². The van der Waals surface area contributed by atoms with Crippen molar-refractivity contribution in [3.05, 3.63) is 77.0 Å². The van der Waals surface area contributed by atoms with E-state index in [1.165, 1.54) is 6.07 Å². The number of benzene rings is 3. The molecule has 4 aromatic rings. The van der Waals surface area contributed by atoms with Crippen LogP contribution in [-0.2, 0) is 0 Å². The molecule has 4 heteroatoms. The first-order chi connectivity index (χ1) is 13.0. The topological polar surface area (TPSA) is 59.3 Å². The summed E-state index contributed by atoms with van der Waals surface area (Å²) in [4.78, 5) is 27.0. The number of hydrogen-bond acceptors (Lipinski definition) is 3. The average Bonchev–Trinajstić information content (AvgIpc) is 3.02. The number of nitrogens with zero attached hydrogens (tertiary/aromatic N) is 1.